The fourth-order valence-corrected chi connectivity index (χ4v) is 1.64. The van der Waals surface area contributed by atoms with Crippen molar-refractivity contribution in [2.75, 3.05) is 6.54 Å². The second kappa shape index (κ2) is 5.47. The smallest absolute Gasteiger partial charge is 0.180 e. The molecule has 3 heteroatoms. The number of hydrogen-bond acceptors (Lipinski definition) is 3. The molecule has 1 N–H and O–H groups in total. The van der Waals surface area contributed by atoms with E-state index >= 15 is 0 Å². The van der Waals surface area contributed by atoms with E-state index in [2.05, 4.69) is 41.5 Å². The molecule has 0 saturated heterocycles. The maximum atomic E-state index is 5.15. The lowest BCUT2D eigenvalue weighted by Crippen LogP contribution is -2.19. The molecule has 0 aliphatic heterocycles. The van der Waals surface area contributed by atoms with Crippen LogP contribution in [-0.2, 0) is 6.54 Å². The van der Waals surface area contributed by atoms with Crippen LogP contribution in [0, 0.1) is 0 Å². The Bertz CT molecular complexity index is 397. The molecule has 1 aromatic carbocycles. The van der Waals surface area contributed by atoms with Gasteiger partial charge in [0.1, 0.15) is 5.76 Å². The summed E-state index contributed by atoms with van der Waals surface area (Å²) in [6.45, 7) is 3.88. The lowest BCUT2D eigenvalue weighted by molar-refractivity contribution is 0.473. The third-order valence-corrected chi connectivity index (χ3v) is 2.60. The van der Waals surface area contributed by atoms with Gasteiger partial charge in [-0.25, -0.2) is 4.98 Å². The molecule has 0 amide bonds. The molecule has 3 nitrogen and oxygen atoms in total. The zero-order chi connectivity index (χ0) is 11.2. The quantitative estimate of drug-likeness (QED) is 0.834. The van der Waals surface area contributed by atoms with Gasteiger partial charge >= 0.3 is 0 Å². The van der Waals surface area contributed by atoms with Crippen LogP contribution in [0.5, 0.6) is 0 Å². The first-order valence-corrected chi connectivity index (χ1v) is 5.49. The van der Waals surface area contributed by atoms with Crippen LogP contribution in [0.15, 0.2) is 47.3 Å². The Morgan fingerprint density at radius 3 is 2.81 bits per heavy atom. The predicted octanol–water partition coefficient (Wildman–Crippen LogP) is 2.57. The second-order valence-electron chi connectivity index (χ2n) is 3.91. The monoisotopic (exact) mass is 216 g/mol. The van der Waals surface area contributed by atoms with Crippen molar-refractivity contribution < 1.29 is 4.42 Å². The lowest BCUT2D eigenvalue weighted by Gasteiger charge is -2.11. The van der Waals surface area contributed by atoms with Gasteiger partial charge in [-0.15, -0.1) is 0 Å². The van der Waals surface area contributed by atoms with E-state index in [0.29, 0.717) is 5.92 Å². The number of rotatable bonds is 5. The minimum Gasteiger partial charge on any atom is -0.447 e. The minimum atomic E-state index is 0.504. The molecule has 0 saturated carbocycles. The van der Waals surface area contributed by atoms with Gasteiger partial charge in [0, 0.05) is 6.54 Å². The molecule has 2 rings (SSSR count). The van der Waals surface area contributed by atoms with Crippen LogP contribution < -0.4 is 5.32 Å². The van der Waals surface area contributed by atoms with Crippen LogP contribution in [0.3, 0.4) is 0 Å². The van der Waals surface area contributed by atoms with Crippen molar-refractivity contribution in [3.05, 3.63) is 54.2 Å². The zero-order valence-electron chi connectivity index (χ0n) is 9.39. The van der Waals surface area contributed by atoms with E-state index in [1.165, 1.54) is 12.0 Å². The number of nitrogens with zero attached hydrogens (tertiary/aromatic N) is 1. The van der Waals surface area contributed by atoms with Crippen molar-refractivity contribution in [1.82, 2.24) is 10.3 Å². The molecule has 0 bridgehead atoms. The van der Waals surface area contributed by atoms with Crippen molar-refractivity contribution in [1.29, 1.82) is 0 Å². The molecule has 16 heavy (non-hydrogen) atoms. The number of aromatic nitrogens is 1. The second-order valence-corrected chi connectivity index (χ2v) is 3.91. The molecule has 1 atom stereocenters. The average molecular weight is 216 g/mol. The molecule has 0 aliphatic carbocycles. The molecule has 0 fully saturated rings. The summed E-state index contributed by atoms with van der Waals surface area (Å²) in [5.74, 6) is 1.38. The highest BCUT2D eigenvalue weighted by atomic mass is 16.3. The Kier molecular flexibility index (Phi) is 3.72. The first-order chi connectivity index (χ1) is 7.86. The molecule has 0 radical (unpaired) electrons. The molecule has 1 heterocycles. The standard InChI is InChI=1S/C13H16N2O/c1-11(12-5-3-2-4-6-12)7-14-8-13-9-15-10-16-13/h2-6,9-11,14H,7-8H2,1H3. The van der Waals surface area contributed by atoms with Crippen LogP contribution in [0.2, 0.25) is 0 Å². The molecule has 2 aromatic rings. The van der Waals surface area contributed by atoms with E-state index in [9.17, 15) is 0 Å². The van der Waals surface area contributed by atoms with Gasteiger partial charge in [0.25, 0.3) is 0 Å². The Labute approximate surface area is 95.5 Å². The zero-order valence-corrected chi connectivity index (χ0v) is 9.39. The number of benzene rings is 1. The Hall–Kier alpha value is -1.61. The van der Waals surface area contributed by atoms with Crippen molar-refractivity contribution >= 4 is 0 Å². The molecule has 1 unspecified atom stereocenters. The number of hydrogen-bond donors (Lipinski definition) is 1. The summed E-state index contributed by atoms with van der Waals surface area (Å²) in [6, 6.07) is 10.5. The fourth-order valence-electron chi connectivity index (χ4n) is 1.64. The van der Waals surface area contributed by atoms with Crippen LogP contribution in [-0.4, -0.2) is 11.5 Å². The third-order valence-electron chi connectivity index (χ3n) is 2.60. The Balaban J connectivity index is 1.78. The molecular weight excluding hydrogens is 200 g/mol. The predicted molar refractivity (Wildman–Crippen MR) is 63.1 cm³/mol. The summed E-state index contributed by atoms with van der Waals surface area (Å²) >= 11 is 0. The summed E-state index contributed by atoms with van der Waals surface area (Å²) in [7, 11) is 0. The molecule has 0 spiro atoms. The SMILES string of the molecule is CC(CNCc1cnco1)c1ccccc1. The first-order valence-electron chi connectivity index (χ1n) is 5.49. The summed E-state index contributed by atoms with van der Waals surface area (Å²) < 4.78 is 5.15. The normalized spacial score (nSPS) is 12.6. The molecule has 1 aromatic heterocycles. The molecule has 0 aliphatic rings. The lowest BCUT2D eigenvalue weighted by atomic mass is 10.0. The van der Waals surface area contributed by atoms with E-state index in [1.807, 2.05) is 6.07 Å². The van der Waals surface area contributed by atoms with E-state index in [-0.39, 0.29) is 0 Å². The maximum Gasteiger partial charge on any atom is 0.180 e. The largest absolute Gasteiger partial charge is 0.447 e. The van der Waals surface area contributed by atoms with E-state index < -0.39 is 0 Å². The van der Waals surface area contributed by atoms with Crippen LogP contribution >= 0.6 is 0 Å². The summed E-state index contributed by atoms with van der Waals surface area (Å²) in [6.07, 6.45) is 3.19. The van der Waals surface area contributed by atoms with Crippen LogP contribution in [0.25, 0.3) is 0 Å². The molecule has 84 valence electrons. The highest BCUT2D eigenvalue weighted by molar-refractivity contribution is 5.18. The van der Waals surface area contributed by atoms with E-state index in [1.54, 1.807) is 6.20 Å². The van der Waals surface area contributed by atoms with Crippen molar-refractivity contribution in [2.24, 2.45) is 0 Å². The van der Waals surface area contributed by atoms with Crippen molar-refractivity contribution in [2.45, 2.75) is 19.4 Å². The van der Waals surface area contributed by atoms with Crippen molar-refractivity contribution in [3.8, 4) is 0 Å². The van der Waals surface area contributed by atoms with Gasteiger partial charge in [-0.2, -0.15) is 0 Å². The summed E-state index contributed by atoms with van der Waals surface area (Å²) in [4.78, 5) is 3.87. The molecular formula is C13H16N2O. The highest BCUT2D eigenvalue weighted by Crippen LogP contribution is 2.13. The van der Waals surface area contributed by atoms with Gasteiger partial charge in [0.05, 0.1) is 12.7 Å². The first kappa shape index (κ1) is 10.9. The van der Waals surface area contributed by atoms with E-state index in [4.69, 9.17) is 4.42 Å². The fraction of sp³-hybridized carbons (Fsp3) is 0.308. The van der Waals surface area contributed by atoms with Gasteiger partial charge in [-0.1, -0.05) is 37.3 Å². The summed E-state index contributed by atoms with van der Waals surface area (Å²) in [5, 5.41) is 3.35. The minimum absolute atomic E-state index is 0.504. The van der Waals surface area contributed by atoms with Gasteiger partial charge in [-0.05, 0) is 11.5 Å². The van der Waals surface area contributed by atoms with Gasteiger partial charge in [-0.3, -0.25) is 0 Å². The average Bonchev–Trinajstić information content (AvgIpc) is 2.83. The van der Waals surface area contributed by atoms with Crippen LogP contribution in [0.1, 0.15) is 24.2 Å². The van der Waals surface area contributed by atoms with Gasteiger partial charge in [0.2, 0.25) is 0 Å². The van der Waals surface area contributed by atoms with E-state index in [0.717, 1.165) is 18.8 Å². The van der Waals surface area contributed by atoms with Crippen LogP contribution in [0.4, 0.5) is 0 Å². The Morgan fingerprint density at radius 2 is 2.12 bits per heavy atom. The number of nitrogens with one attached hydrogen (secondary N) is 1. The van der Waals surface area contributed by atoms with Gasteiger partial charge in [0.15, 0.2) is 6.39 Å². The number of oxazole rings is 1. The van der Waals surface area contributed by atoms with Crippen molar-refractivity contribution in [3.63, 3.8) is 0 Å². The highest BCUT2D eigenvalue weighted by Gasteiger charge is 2.04. The maximum absolute atomic E-state index is 5.15. The topological polar surface area (TPSA) is 38.1 Å². The van der Waals surface area contributed by atoms with Gasteiger partial charge < -0.3 is 9.73 Å². The summed E-state index contributed by atoms with van der Waals surface area (Å²) in [5.41, 5.74) is 1.35. The Morgan fingerprint density at radius 1 is 1.31 bits per heavy atom. The third kappa shape index (κ3) is 2.94.